The lowest BCUT2D eigenvalue weighted by molar-refractivity contribution is 0.569. The van der Waals surface area contributed by atoms with Gasteiger partial charge in [-0.25, -0.2) is 0 Å². The summed E-state index contributed by atoms with van der Waals surface area (Å²) in [5.74, 6) is 0. The van der Waals surface area contributed by atoms with E-state index in [4.69, 9.17) is 17.3 Å². The van der Waals surface area contributed by atoms with E-state index < -0.39 is 0 Å². The van der Waals surface area contributed by atoms with Gasteiger partial charge >= 0.3 is 0 Å². The first kappa shape index (κ1) is 14.6. The first-order valence-corrected chi connectivity index (χ1v) is 7.66. The molecule has 0 spiro atoms. The summed E-state index contributed by atoms with van der Waals surface area (Å²) in [5.41, 5.74) is 9.07. The van der Waals surface area contributed by atoms with Crippen molar-refractivity contribution < 1.29 is 0 Å². The maximum absolute atomic E-state index is 6.40. The van der Waals surface area contributed by atoms with Gasteiger partial charge in [-0.05, 0) is 28.7 Å². The largest absolute Gasteiger partial charge is 0.324 e. The Morgan fingerprint density at radius 1 is 1.16 bits per heavy atom. The third-order valence-corrected chi connectivity index (χ3v) is 4.47. The molecule has 2 rings (SSSR count). The topological polar surface area (TPSA) is 26.0 Å². The van der Waals surface area contributed by atoms with Crippen LogP contribution in [-0.2, 0) is 11.8 Å². The van der Waals surface area contributed by atoms with Crippen molar-refractivity contribution in [3.05, 3.63) is 56.7 Å². The summed E-state index contributed by atoms with van der Waals surface area (Å²) >= 11 is 7.58. The molecule has 0 saturated carbocycles. The fourth-order valence-electron chi connectivity index (χ4n) is 2.29. The molecule has 0 bridgehead atoms. The van der Waals surface area contributed by atoms with Crippen molar-refractivity contribution in [3.8, 4) is 0 Å². The van der Waals surface area contributed by atoms with Gasteiger partial charge in [-0.1, -0.05) is 56.6 Å². The maximum atomic E-state index is 6.40. The predicted octanol–water partition coefficient (Wildman–Crippen LogP) is 4.94. The van der Waals surface area contributed by atoms with Crippen LogP contribution in [0.1, 0.15) is 42.8 Å². The smallest absolute Gasteiger partial charge is 0.0931 e. The van der Waals surface area contributed by atoms with Gasteiger partial charge in [-0.3, -0.25) is 0 Å². The maximum Gasteiger partial charge on any atom is 0.0931 e. The molecular weight excluding hydrogens is 274 g/mol. The second-order valence-corrected chi connectivity index (χ2v) is 7.65. The van der Waals surface area contributed by atoms with Crippen molar-refractivity contribution in [2.24, 2.45) is 5.73 Å². The average molecular weight is 294 g/mol. The molecule has 1 atom stereocenters. The summed E-state index contributed by atoms with van der Waals surface area (Å²) in [4.78, 5) is 1.24. The van der Waals surface area contributed by atoms with E-state index in [1.54, 1.807) is 11.3 Å². The highest BCUT2D eigenvalue weighted by Crippen LogP contribution is 2.31. The van der Waals surface area contributed by atoms with Crippen molar-refractivity contribution in [2.75, 3.05) is 0 Å². The summed E-state index contributed by atoms with van der Waals surface area (Å²) in [7, 11) is 0. The highest BCUT2D eigenvalue weighted by Gasteiger charge is 2.21. The molecule has 1 nitrogen and oxygen atoms in total. The first-order chi connectivity index (χ1) is 8.88. The lowest BCUT2D eigenvalue weighted by atomic mass is 9.81. The lowest BCUT2D eigenvalue weighted by Gasteiger charge is -2.25. The van der Waals surface area contributed by atoms with Gasteiger partial charge in [-0.15, -0.1) is 11.3 Å². The standard InChI is InChI=1S/C16H20ClNS/c1-16(2,3)13-7-5-4-6-12(13)14(18)10-11-8-9-15(17)19-11/h4-9,14H,10,18H2,1-3H3. The fraction of sp³-hybridized carbons (Fsp3) is 0.375. The van der Waals surface area contributed by atoms with Gasteiger partial charge in [-0.2, -0.15) is 0 Å². The van der Waals surface area contributed by atoms with Gasteiger partial charge in [0.05, 0.1) is 4.34 Å². The van der Waals surface area contributed by atoms with Crippen LogP contribution in [0.3, 0.4) is 0 Å². The Labute approximate surface area is 124 Å². The van der Waals surface area contributed by atoms with Crippen LogP contribution in [0.5, 0.6) is 0 Å². The Hall–Kier alpha value is -0.830. The Morgan fingerprint density at radius 2 is 1.84 bits per heavy atom. The Morgan fingerprint density at radius 3 is 2.42 bits per heavy atom. The van der Waals surface area contributed by atoms with Gasteiger partial charge in [0, 0.05) is 17.3 Å². The van der Waals surface area contributed by atoms with E-state index >= 15 is 0 Å². The molecule has 1 aromatic heterocycles. The van der Waals surface area contributed by atoms with Gasteiger partial charge in [0.2, 0.25) is 0 Å². The summed E-state index contributed by atoms with van der Waals surface area (Å²) in [5, 5.41) is 0. The molecule has 0 radical (unpaired) electrons. The molecule has 0 aliphatic carbocycles. The zero-order valence-corrected chi connectivity index (χ0v) is 13.2. The summed E-state index contributed by atoms with van der Waals surface area (Å²) < 4.78 is 0.825. The van der Waals surface area contributed by atoms with Crippen molar-refractivity contribution >= 4 is 22.9 Å². The van der Waals surface area contributed by atoms with E-state index in [0.717, 1.165) is 10.8 Å². The minimum atomic E-state index is 0.0186. The molecule has 0 saturated heterocycles. The Kier molecular flexibility index (Phi) is 4.34. The highest BCUT2D eigenvalue weighted by molar-refractivity contribution is 7.16. The lowest BCUT2D eigenvalue weighted by Crippen LogP contribution is -2.21. The molecule has 0 amide bonds. The number of rotatable bonds is 3. The van der Waals surface area contributed by atoms with E-state index in [2.05, 4.69) is 51.1 Å². The van der Waals surface area contributed by atoms with Crippen LogP contribution in [0.2, 0.25) is 4.34 Å². The van der Waals surface area contributed by atoms with Gasteiger partial charge in [0.1, 0.15) is 0 Å². The van der Waals surface area contributed by atoms with Crippen molar-refractivity contribution in [2.45, 2.75) is 38.6 Å². The van der Waals surface area contributed by atoms with Crippen LogP contribution in [0.25, 0.3) is 0 Å². The molecule has 0 aliphatic rings. The van der Waals surface area contributed by atoms with Crippen molar-refractivity contribution in [3.63, 3.8) is 0 Å². The Balaban J connectivity index is 2.26. The second-order valence-electron chi connectivity index (χ2n) is 5.85. The van der Waals surface area contributed by atoms with Crippen LogP contribution in [0.4, 0.5) is 0 Å². The number of benzene rings is 1. The molecule has 1 aromatic carbocycles. The third-order valence-electron chi connectivity index (χ3n) is 3.22. The summed E-state index contributed by atoms with van der Waals surface area (Å²) in [6, 6.07) is 12.5. The van der Waals surface area contributed by atoms with Crippen molar-refractivity contribution in [1.29, 1.82) is 0 Å². The average Bonchev–Trinajstić information content (AvgIpc) is 2.73. The number of hydrogen-bond acceptors (Lipinski definition) is 2. The van der Waals surface area contributed by atoms with Gasteiger partial charge < -0.3 is 5.73 Å². The first-order valence-electron chi connectivity index (χ1n) is 6.47. The molecule has 2 aromatic rings. The quantitative estimate of drug-likeness (QED) is 0.852. The second kappa shape index (κ2) is 5.66. The highest BCUT2D eigenvalue weighted by atomic mass is 35.5. The van der Waals surface area contributed by atoms with E-state index in [9.17, 15) is 0 Å². The van der Waals surface area contributed by atoms with E-state index in [0.29, 0.717) is 0 Å². The van der Waals surface area contributed by atoms with Crippen LogP contribution in [0, 0.1) is 0 Å². The zero-order valence-electron chi connectivity index (χ0n) is 11.6. The van der Waals surface area contributed by atoms with Gasteiger partial charge in [0.15, 0.2) is 0 Å². The Bertz CT molecular complexity index is 554. The summed E-state index contributed by atoms with van der Waals surface area (Å²) in [6.45, 7) is 6.67. The zero-order chi connectivity index (χ0) is 14.0. The number of nitrogens with two attached hydrogens (primary N) is 1. The molecule has 0 fully saturated rings. The molecule has 0 aliphatic heterocycles. The monoisotopic (exact) mass is 293 g/mol. The van der Waals surface area contributed by atoms with Crippen LogP contribution >= 0.6 is 22.9 Å². The SMILES string of the molecule is CC(C)(C)c1ccccc1C(N)Cc1ccc(Cl)s1. The molecule has 102 valence electrons. The molecule has 1 unspecified atom stereocenters. The van der Waals surface area contributed by atoms with E-state index in [-0.39, 0.29) is 11.5 Å². The molecule has 3 heteroatoms. The fourth-order valence-corrected chi connectivity index (χ4v) is 3.44. The van der Waals surface area contributed by atoms with Crippen LogP contribution in [-0.4, -0.2) is 0 Å². The predicted molar refractivity (Wildman–Crippen MR) is 85.1 cm³/mol. The summed E-state index contributed by atoms with van der Waals surface area (Å²) in [6.07, 6.45) is 0.838. The molecule has 19 heavy (non-hydrogen) atoms. The van der Waals surface area contributed by atoms with E-state index in [1.165, 1.54) is 16.0 Å². The minimum Gasteiger partial charge on any atom is -0.324 e. The molecule has 2 N–H and O–H groups in total. The number of thiophene rings is 1. The third kappa shape index (κ3) is 3.59. The molecule has 1 heterocycles. The normalized spacial score (nSPS) is 13.5. The molecular formula is C16H20ClNS. The minimum absolute atomic E-state index is 0.0186. The number of halogens is 1. The van der Waals surface area contributed by atoms with Crippen LogP contribution < -0.4 is 5.73 Å². The van der Waals surface area contributed by atoms with Gasteiger partial charge in [0.25, 0.3) is 0 Å². The van der Waals surface area contributed by atoms with E-state index in [1.807, 2.05) is 6.07 Å². The van der Waals surface area contributed by atoms with Crippen LogP contribution in [0.15, 0.2) is 36.4 Å². The number of hydrogen-bond donors (Lipinski definition) is 1. The van der Waals surface area contributed by atoms with Crippen molar-refractivity contribution in [1.82, 2.24) is 0 Å².